The third-order valence-corrected chi connectivity index (χ3v) is 2.56. The minimum Gasteiger partial charge on any atom is -0.340 e. The smallest absolute Gasteiger partial charge is 0.254 e. The minimum absolute atomic E-state index is 0.103. The Morgan fingerprint density at radius 2 is 1.93 bits per heavy atom. The van der Waals surface area contributed by atoms with E-state index in [4.69, 9.17) is 0 Å². The molecule has 0 saturated carbocycles. The number of anilines is 1. The van der Waals surface area contributed by atoms with Gasteiger partial charge in [-0.05, 0) is 19.1 Å². The first kappa shape index (κ1) is 9.71. The predicted molar refractivity (Wildman–Crippen MR) is 56.8 cm³/mol. The van der Waals surface area contributed by atoms with Gasteiger partial charge in [-0.15, -0.1) is 0 Å². The minimum atomic E-state index is -0.477. The van der Waals surface area contributed by atoms with Crippen molar-refractivity contribution in [1.29, 1.82) is 0 Å². The number of nitrogens with zero attached hydrogens (tertiary/aromatic N) is 1. The van der Waals surface area contributed by atoms with E-state index in [2.05, 4.69) is 5.32 Å². The predicted octanol–water partition coefficient (Wildman–Crippen LogP) is 0.781. The number of amides is 2. The first-order valence-corrected chi connectivity index (χ1v) is 4.78. The van der Waals surface area contributed by atoms with E-state index in [0.29, 0.717) is 11.3 Å². The quantitative estimate of drug-likeness (QED) is 0.679. The van der Waals surface area contributed by atoms with Crippen molar-refractivity contribution in [2.24, 2.45) is 0 Å². The summed E-state index contributed by atoms with van der Waals surface area (Å²) < 4.78 is 0. The maximum atomic E-state index is 11.8. The Morgan fingerprint density at radius 3 is 2.67 bits per heavy atom. The maximum absolute atomic E-state index is 11.8. The Morgan fingerprint density at radius 1 is 1.27 bits per heavy atom. The zero-order chi connectivity index (χ0) is 11.0. The fraction of sp³-hybridized carbons (Fsp3) is 0.273. The highest BCUT2D eigenvalue weighted by molar-refractivity contribution is 6.10. The average Bonchev–Trinajstić information content (AvgIpc) is 2.33. The molecule has 1 aliphatic rings. The highest BCUT2D eigenvalue weighted by Gasteiger charge is 2.28. The van der Waals surface area contributed by atoms with Gasteiger partial charge in [0.15, 0.2) is 0 Å². The van der Waals surface area contributed by atoms with E-state index in [1.807, 2.05) is 6.07 Å². The van der Waals surface area contributed by atoms with Crippen LogP contribution in [0.4, 0.5) is 5.69 Å². The Labute approximate surface area is 87.9 Å². The maximum Gasteiger partial charge on any atom is 0.254 e. The molecule has 0 spiro atoms. The summed E-state index contributed by atoms with van der Waals surface area (Å²) in [5.74, 6) is -0.302. The van der Waals surface area contributed by atoms with Crippen LogP contribution in [0.3, 0.4) is 0 Å². The molecule has 1 aromatic carbocycles. The van der Waals surface area contributed by atoms with Crippen LogP contribution in [0.25, 0.3) is 0 Å². The number of para-hydroxylation sites is 1. The van der Waals surface area contributed by atoms with Crippen molar-refractivity contribution in [2.75, 3.05) is 11.9 Å². The van der Waals surface area contributed by atoms with Crippen molar-refractivity contribution >= 4 is 17.5 Å². The summed E-state index contributed by atoms with van der Waals surface area (Å²) >= 11 is 0. The lowest BCUT2D eigenvalue weighted by molar-refractivity contribution is -0.119. The third-order valence-electron chi connectivity index (χ3n) is 2.56. The van der Waals surface area contributed by atoms with Gasteiger partial charge in [0, 0.05) is 7.05 Å². The van der Waals surface area contributed by atoms with Crippen molar-refractivity contribution in [3.63, 3.8) is 0 Å². The number of likely N-dealkylation sites (N-methyl/N-ethyl adjacent to an activating group) is 1. The Bertz CT molecular complexity index is 428. The molecule has 0 saturated heterocycles. The van der Waals surface area contributed by atoms with E-state index < -0.39 is 6.04 Å². The molecule has 1 N–H and O–H groups in total. The van der Waals surface area contributed by atoms with Gasteiger partial charge >= 0.3 is 0 Å². The fourth-order valence-corrected chi connectivity index (χ4v) is 1.70. The lowest BCUT2D eigenvalue weighted by Gasteiger charge is -2.18. The molecule has 0 aromatic heterocycles. The van der Waals surface area contributed by atoms with Crippen LogP contribution in [-0.2, 0) is 4.79 Å². The second kappa shape index (κ2) is 3.38. The molecular weight excluding hydrogens is 192 g/mol. The first-order chi connectivity index (χ1) is 7.11. The number of carbonyl (C=O) groups is 2. The second-order valence-electron chi connectivity index (χ2n) is 3.61. The molecule has 0 fully saturated rings. The van der Waals surface area contributed by atoms with Crippen LogP contribution < -0.4 is 10.2 Å². The van der Waals surface area contributed by atoms with Crippen LogP contribution in [0.5, 0.6) is 0 Å². The zero-order valence-corrected chi connectivity index (χ0v) is 8.65. The van der Waals surface area contributed by atoms with E-state index >= 15 is 0 Å². The lowest BCUT2D eigenvalue weighted by atomic mass is 10.1. The normalized spacial score (nSPS) is 20.7. The van der Waals surface area contributed by atoms with Crippen molar-refractivity contribution in [3.05, 3.63) is 29.8 Å². The van der Waals surface area contributed by atoms with Gasteiger partial charge in [-0.25, -0.2) is 0 Å². The van der Waals surface area contributed by atoms with Crippen LogP contribution in [0, 0.1) is 0 Å². The zero-order valence-electron chi connectivity index (χ0n) is 8.65. The molecule has 0 radical (unpaired) electrons. The molecule has 2 amide bonds. The van der Waals surface area contributed by atoms with Gasteiger partial charge in [0.25, 0.3) is 5.91 Å². The molecule has 2 rings (SSSR count). The van der Waals surface area contributed by atoms with Crippen molar-refractivity contribution < 1.29 is 9.59 Å². The molecular formula is C11H12N2O2. The number of carbonyl (C=O) groups excluding carboxylic acids is 2. The molecule has 1 heterocycles. The van der Waals surface area contributed by atoms with Gasteiger partial charge < -0.3 is 10.2 Å². The summed E-state index contributed by atoms with van der Waals surface area (Å²) in [7, 11) is 1.68. The van der Waals surface area contributed by atoms with Gasteiger partial charge in [0.05, 0.1) is 11.3 Å². The van der Waals surface area contributed by atoms with Gasteiger partial charge in [0.2, 0.25) is 5.91 Å². The van der Waals surface area contributed by atoms with E-state index in [9.17, 15) is 9.59 Å². The summed E-state index contributed by atoms with van der Waals surface area (Å²) in [6.07, 6.45) is 0. The summed E-state index contributed by atoms with van der Waals surface area (Å²) in [5.41, 5.74) is 1.20. The number of nitrogens with one attached hydrogen (secondary N) is 1. The Balaban J connectivity index is 2.57. The SMILES string of the molecule is C[C@H]1NC(=O)c2ccccc2N(C)C1=O. The topological polar surface area (TPSA) is 49.4 Å². The summed E-state index contributed by atoms with van der Waals surface area (Å²) in [5, 5.41) is 2.65. The van der Waals surface area contributed by atoms with E-state index in [1.165, 1.54) is 4.90 Å². The average molecular weight is 204 g/mol. The van der Waals surface area contributed by atoms with Crippen LogP contribution in [-0.4, -0.2) is 24.9 Å². The summed E-state index contributed by atoms with van der Waals surface area (Å²) in [6.45, 7) is 1.68. The van der Waals surface area contributed by atoms with Crippen LogP contribution in [0.2, 0.25) is 0 Å². The molecule has 0 aliphatic carbocycles. The Hall–Kier alpha value is -1.84. The van der Waals surface area contributed by atoms with Crippen LogP contribution >= 0.6 is 0 Å². The summed E-state index contributed by atoms with van der Waals surface area (Å²) in [4.78, 5) is 25.0. The fourth-order valence-electron chi connectivity index (χ4n) is 1.70. The number of rotatable bonds is 0. The molecule has 0 bridgehead atoms. The molecule has 78 valence electrons. The van der Waals surface area contributed by atoms with Crippen molar-refractivity contribution in [3.8, 4) is 0 Å². The number of hydrogen-bond donors (Lipinski definition) is 1. The summed E-state index contributed by atoms with van der Waals surface area (Å²) in [6, 6.07) is 6.60. The number of benzene rings is 1. The number of fused-ring (bicyclic) bond motifs is 1. The van der Waals surface area contributed by atoms with E-state index in [1.54, 1.807) is 32.2 Å². The molecule has 4 heteroatoms. The monoisotopic (exact) mass is 204 g/mol. The van der Waals surface area contributed by atoms with Crippen molar-refractivity contribution in [1.82, 2.24) is 5.32 Å². The molecule has 1 aliphatic heterocycles. The molecule has 1 aromatic rings. The van der Waals surface area contributed by atoms with Gasteiger partial charge in [-0.3, -0.25) is 9.59 Å². The molecule has 4 nitrogen and oxygen atoms in total. The molecule has 1 atom stereocenters. The molecule has 15 heavy (non-hydrogen) atoms. The van der Waals surface area contributed by atoms with Crippen LogP contribution in [0.1, 0.15) is 17.3 Å². The lowest BCUT2D eigenvalue weighted by Crippen LogP contribution is -2.42. The standard InChI is InChI=1S/C11H12N2O2/c1-7-11(15)13(2)9-6-4-3-5-8(9)10(14)12-7/h3-7H,1-2H3,(H,12,14)/t7-/m1/s1. The van der Waals surface area contributed by atoms with Crippen LogP contribution in [0.15, 0.2) is 24.3 Å². The first-order valence-electron chi connectivity index (χ1n) is 4.78. The largest absolute Gasteiger partial charge is 0.340 e. The number of hydrogen-bond acceptors (Lipinski definition) is 2. The van der Waals surface area contributed by atoms with Gasteiger partial charge in [0.1, 0.15) is 6.04 Å². The molecule has 0 unspecified atom stereocenters. The third kappa shape index (κ3) is 1.48. The second-order valence-corrected chi connectivity index (χ2v) is 3.61. The van der Waals surface area contributed by atoms with E-state index in [-0.39, 0.29) is 11.8 Å². The highest BCUT2D eigenvalue weighted by Crippen LogP contribution is 2.22. The van der Waals surface area contributed by atoms with Gasteiger partial charge in [-0.1, -0.05) is 12.1 Å². The van der Waals surface area contributed by atoms with Gasteiger partial charge in [-0.2, -0.15) is 0 Å². The van der Waals surface area contributed by atoms with Crippen molar-refractivity contribution in [2.45, 2.75) is 13.0 Å². The Kier molecular flexibility index (Phi) is 2.19. The van der Waals surface area contributed by atoms with E-state index in [0.717, 1.165) is 0 Å². The highest BCUT2D eigenvalue weighted by atomic mass is 16.2.